The van der Waals surface area contributed by atoms with Crippen molar-refractivity contribution in [1.29, 1.82) is 0 Å². The van der Waals surface area contributed by atoms with Crippen molar-refractivity contribution in [3.8, 4) is 17.2 Å². The van der Waals surface area contributed by atoms with Crippen LogP contribution in [0.25, 0.3) is 11.8 Å². The van der Waals surface area contributed by atoms with E-state index in [0.29, 0.717) is 21.6 Å². The SMILES string of the molecule is CCc1ccccc1-n1c(C)cc(/C=C2\SC(=Nc3ccc4c(c3)OCO4)N(C)C2=O)c1C. The van der Waals surface area contributed by atoms with Crippen LogP contribution in [0.2, 0.25) is 0 Å². The monoisotopic (exact) mass is 459 g/mol. The Morgan fingerprint density at radius 1 is 1.09 bits per heavy atom. The molecule has 33 heavy (non-hydrogen) atoms. The van der Waals surface area contributed by atoms with Crippen LogP contribution in [0.15, 0.2) is 58.4 Å². The number of ether oxygens (including phenoxy) is 2. The van der Waals surface area contributed by atoms with Gasteiger partial charge in [0.05, 0.1) is 10.6 Å². The molecule has 1 aromatic heterocycles. The maximum atomic E-state index is 13.0. The van der Waals surface area contributed by atoms with Crippen molar-refractivity contribution in [2.75, 3.05) is 13.8 Å². The standard InChI is InChI=1S/C26H25N3O3S/c1-5-18-8-6-7-9-21(18)29-16(2)12-19(17(29)3)13-24-25(30)28(4)26(33-24)27-20-10-11-22-23(14-20)32-15-31-22/h6-14H,5,15H2,1-4H3/b24-13-,27-26?. The molecule has 0 saturated carbocycles. The molecule has 2 aliphatic rings. The summed E-state index contributed by atoms with van der Waals surface area (Å²) in [5.74, 6) is 1.32. The Labute approximate surface area is 197 Å². The zero-order chi connectivity index (χ0) is 23.1. The third kappa shape index (κ3) is 3.82. The molecule has 6 nitrogen and oxygen atoms in total. The van der Waals surface area contributed by atoms with Gasteiger partial charge in [-0.1, -0.05) is 25.1 Å². The summed E-state index contributed by atoms with van der Waals surface area (Å²) in [6, 6.07) is 16.1. The number of amidine groups is 1. The normalized spacial score (nSPS) is 17.6. The van der Waals surface area contributed by atoms with E-state index in [1.807, 2.05) is 24.3 Å². The third-order valence-corrected chi connectivity index (χ3v) is 7.01. The minimum Gasteiger partial charge on any atom is -0.454 e. The Hall–Kier alpha value is -3.45. The van der Waals surface area contributed by atoms with Crippen LogP contribution in [0.5, 0.6) is 11.5 Å². The van der Waals surface area contributed by atoms with E-state index >= 15 is 0 Å². The Morgan fingerprint density at radius 3 is 2.70 bits per heavy atom. The number of fused-ring (bicyclic) bond motifs is 1. The number of aromatic nitrogens is 1. The van der Waals surface area contributed by atoms with Gasteiger partial charge in [-0.3, -0.25) is 9.69 Å². The van der Waals surface area contributed by atoms with Crippen LogP contribution in [0, 0.1) is 13.8 Å². The Balaban J connectivity index is 1.47. The molecule has 1 amide bonds. The predicted octanol–water partition coefficient (Wildman–Crippen LogP) is 5.62. The quantitative estimate of drug-likeness (QED) is 0.475. The Bertz CT molecular complexity index is 1320. The summed E-state index contributed by atoms with van der Waals surface area (Å²) in [7, 11) is 1.75. The number of aryl methyl sites for hydroxylation is 2. The highest BCUT2D eigenvalue weighted by molar-refractivity contribution is 8.18. The van der Waals surface area contributed by atoms with Crippen molar-refractivity contribution in [1.82, 2.24) is 9.47 Å². The molecule has 0 atom stereocenters. The summed E-state index contributed by atoms with van der Waals surface area (Å²) in [5, 5.41) is 0.634. The van der Waals surface area contributed by atoms with Crippen molar-refractivity contribution < 1.29 is 14.3 Å². The highest BCUT2D eigenvalue weighted by Gasteiger charge is 2.31. The smallest absolute Gasteiger partial charge is 0.266 e. The predicted molar refractivity (Wildman–Crippen MR) is 133 cm³/mol. The van der Waals surface area contributed by atoms with Gasteiger partial charge in [0.1, 0.15) is 0 Å². The number of hydrogen-bond donors (Lipinski definition) is 0. The summed E-state index contributed by atoms with van der Waals surface area (Å²) < 4.78 is 13.1. The number of hydrogen-bond acceptors (Lipinski definition) is 5. The molecule has 1 fully saturated rings. The average molecular weight is 460 g/mol. The topological polar surface area (TPSA) is 56.1 Å². The molecule has 3 heterocycles. The minimum atomic E-state index is -0.0572. The summed E-state index contributed by atoms with van der Waals surface area (Å²) in [6.45, 7) is 6.59. The minimum absolute atomic E-state index is 0.0572. The Morgan fingerprint density at radius 2 is 1.88 bits per heavy atom. The lowest BCUT2D eigenvalue weighted by Gasteiger charge is -2.14. The molecule has 7 heteroatoms. The largest absolute Gasteiger partial charge is 0.454 e. The number of carbonyl (C=O) groups excluding carboxylic acids is 1. The molecule has 0 N–H and O–H groups in total. The van der Waals surface area contributed by atoms with E-state index < -0.39 is 0 Å². The fourth-order valence-corrected chi connectivity index (χ4v) is 5.17. The molecule has 0 aliphatic carbocycles. The van der Waals surface area contributed by atoms with Gasteiger partial charge in [-0.25, -0.2) is 4.99 Å². The van der Waals surface area contributed by atoms with Gasteiger partial charge in [0, 0.05) is 30.2 Å². The van der Waals surface area contributed by atoms with Crippen molar-refractivity contribution in [3.05, 3.63) is 76.0 Å². The van der Waals surface area contributed by atoms with Crippen LogP contribution in [-0.2, 0) is 11.2 Å². The van der Waals surface area contributed by atoms with Gasteiger partial charge in [-0.05, 0) is 73.5 Å². The van der Waals surface area contributed by atoms with Crippen molar-refractivity contribution in [2.45, 2.75) is 27.2 Å². The first-order valence-electron chi connectivity index (χ1n) is 10.9. The molecule has 2 aliphatic heterocycles. The zero-order valence-electron chi connectivity index (χ0n) is 19.1. The molecule has 0 bridgehead atoms. The maximum absolute atomic E-state index is 13.0. The molecule has 3 aromatic rings. The highest BCUT2D eigenvalue weighted by Crippen LogP contribution is 2.38. The van der Waals surface area contributed by atoms with Gasteiger partial charge < -0.3 is 14.0 Å². The van der Waals surface area contributed by atoms with Gasteiger partial charge >= 0.3 is 0 Å². The zero-order valence-corrected chi connectivity index (χ0v) is 19.9. The molecule has 1 saturated heterocycles. The number of amides is 1. The van der Waals surface area contributed by atoms with E-state index in [-0.39, 0.29) is 12.7 Å². The number of nitrogens with zero attached hydrogens (tertiary/aromatic N) is 3. The van der Waals surface area contributed by atoms with E-state index in [1.165, 1.54) is 23.0 Å². The number of likely N-dealkylation sites (N-methyl/N-ethyl adjacent to an activating group) is 1. The van der Waals surface area contributed by atoms with E-state index in [9.17, 15) is 4.79 Å². The molecule has 5 rings (SSSR count). The molecular weight excluding hydrogens is 434 g/mol. The first kappa shape index (κ1) is 21.4. The van der Waals surface area contributed by atoms with Crippen LogP contribution < -0.4 is 9.47 Å². The average Bonchev–Trinajstić information content (AvgIpc) is 3.47. The van der Waals surface area contributed by atoms with Crippen molar-refractivity contribution >= 4 is 34.6 Å². The second-order valence-electron chi connectivity index (χ2n) is 8.05. The molecule has 0 unspecified atom stereocenters. The van der Waals surface area contributed by atoms with E-state index in [0.717, 1.165) is 29.1 Å². The van der Waals surface area contributed by atoms with Gasteiger partial charge in [0.2, 0.25) is 6.79 Å². The number of para-hydroxylation sites is 1. The lowest BCUT2D eigenvalue weighted by Crippen LogP contribution is -2.23. The second-order valence-corrected chi connectivity index (χ2v) is 9.06. The first-order valence-corrected chi connectivity index (χ1v) is 11.7. The lowest BCUT2D eigenvalue weighted by molar-refractivity contribution is -0.121. The fraction of sp³-hybridized carbons (Fsp3) is 0.231. The highest BCUT2D eigenvalue weighted by atomic mass is 32.2. The van der Waals surface area contributed by atoms with Crippen molar-refractivity contribution in [3.63, 3.8) is 0 Å². The van der Waals surface area contributed by atoms with Crippen LogP contribution in [0.3, 0.4) is 0 Å². The molecule has 0 spiro atoms. The third-order valence-electron chi connectivity index (χ3n) is 5.95. The maximum Gasteiger partial charge on any atom is 0.266 e. The molecule has 0 radical (unpaired) electrons. The molecule has 2 aromatic carbocycles. The van der Waals surface area contributed by atoms with Gasteiger partial charge in [0.25, 0.3) is 5.91 Å². The van der Waals surface area contributed by atoms with Gasteiger partial charge in [-0.2, -0.15) is 0 Å². The van der Waals surface area contributed by atoms with Gasteiger partial charge in [0.15, 0.2) is 16.7 Å². The van der Waals surface area contributed by atoms with Gasteiger partial charge in [-0.15, -0.1) is 0 Å². The fourth-order valence-electron chi connectivity index (χ4n) is 4.19. The summed E-state index contributed by atoms with van der Waals surface area (Å²) in [6.07, 6.45) is 2.93. The summed E-state index contributed by atoms with van der Waals surface area (Å²) >= 11 is 1.38. The van der Waals surface area contributed by atoms with E-state index in [1.54, 1.807) is 11.9 Å². The second kappa shape index (κ2) is 8.48. The number of carbonyl (C=O) groups is 1. The first-order chi connectivity index (χ1) is 16.0. The molecule has 168 valence electrons. The number of thioether (sulfide) groups is 1. The van der Waals surface area contributed by atoms with Crippen LogP contribution in [0.4, 0.5) is 5.69 Å². The summed E-state index contributed by atoms with van der Waals surface area (Å²) in [5.41, 5.74) is 6.48. The van der Waals surface area contributed by atoms with E-state index in [2.05, 4.69) is 60.7 Å². The summed E-state index contributed by atoms with van der Waals surface area (Å²) in [4.78, 5) is 19.9. The van der Waals surface area contributed by atoms with Crippen LogP contribution in [-0.4, -0.2) is 34.4 Å². The molecular formula is C26H25N3O3S. The number of aliphatic imine (C=N–C) groups is 1. The number of benzene rings is 2. The van der Waals surface area contributed by atoms with E-state index in [4.69, 9.17) is 9.47 Å². The lowest BCUT2D eigenvalue weighted by atomic mass is 10.1. The van der Waals surface area contributed by atoms with Crippen LogP contribution >= 0.6 is 11.8 Å². The Kier molecular flexibility index (Phi) is 5.50. The van der Waals surface area contributed by atoms with Crippen LogP contribution in [0.1, 0.15) is 29.4 Å². The number of rotatable bonds is 4. The van der Waals surface area contributed by atoms with Crippen molar-refractivity contribution in [2.24, 2.45) is 4.99 Å².